The van der Waals surface area contributed by atoms with Gasteiger partial charge in [0.1, 0.15) is 0 Å². The van der Waals surface area contributed by atoms with Gasteiger partial charge >= 0.3 is 0 Å². The fourth-order valence-electron chi connectivity index (χ4n) is 3.05. The lowest BCUT2D eigenvalue weighted by atomic mass is 10.0. The van der Waals surface area contributed by atoms with Crippen molar-refractivity contribution in [3.63, 3.8) is 0 Å². The van der Waals surface area contributed by atoms with E-state index in [0.717, 1.165) is 37.4 Å². The molecule has 3 rings (SSSR count). The minimum absolute atomic E-state index is 0.0243. The first-order valence-electron chi connectivity index (χ1n) is 8.83. The molecular formula is C19H23Cl2N3O2S. The molecule has 1 aliphatic rings. The summed E-state index contributed by atoms with van der Waals surface area (Å²) in [5, 5.41) is 0.914. The van der Waals surface area contributed by atoms with Crippen LogP contribution in [0.2, 0.25) is 10.0 Å². The second-order valence-corrected chi connectivity index (χ2v) is 9.43. The zero-order valence-corrected chi connectivity index (χ0v) is 17.7. The highest BCUT2D eigenvalue weighted by Gasteiger charge is 2.21. The SMILES string of the molecule is CCS(=O)(=O)Nc1cc(N2CCN(C)CC2)cc(-c2ccccc2Cl)c1Cl. The van der Waals surface area contributed by atoms with Gasteiger partial charge in [-0.3, -0.25) is 4.72 Å². The minimum atomic E-state index is -3.45. The van der Waals surface area contributed by atoms with Crippen molar-refractivity contribution in [2.75, 3.05) is 48.6 Å². The van der Waals surface area contributed by atoms with Crippen LogP contribution >= 0.6 is 23.2 Å². The fourth-order valence-corrected chi connectivity index (χ4v) is 4.24. The van der Waals surface area contributed by atoms with Crippen molar-refractivity contribution in [1.29, 1.82) is 0 Å². The summed E-state index contributed by atoms with van der Waals surface area (Å²) in [6.45, 7) is 5.20. The molecule has 0 saturated carbocycles. The van der Waals surface area contributed by atoms with Crippen molar-refractivity contribution < 1.29 is 8.42 Å². The second kappa shape index (κ2) is 8.27. The number of halogens is 2. The average molecular weight is 428 g/mol. The summed E-state index contributed by atoms with van der Waals surface area (Å²) < 4.78 is 26.9. The van der Waals surface area contributed by atoms with E-state index in [2.05, 4.69) is 21.6 Å². The molecule has 0 radical (unpaired) electrons. The quantitative estimate of drug-likeness (QED) is 0.777. The fraction of sp³-hybridized carbons (Fsp3) is 0.368. The van der Waals surface area contributed by atoms with Gasteiger partial charge in [0, 0.05) is 48.0 Å². The summed E-state index contributed by atoms with van der Waals surface area (Å²) in [5.41, 5.74) is 2.80. The van der Waals surface area contributed by atoms with E-state index in [-0.39, 0.29) is 5.75 Å². The lowest BCUT2D eigenvalue weighted by molar-refractivity contribution is 0.313. The van der Waals surface area contributed by atoms with E-state index in [1.165, 1.54) is 0 Å². The Morgan fingerprint density at radius 3 is 2.33 bits per heavy atom. The molecule has 1 fully saturated rings. The van der Waals surface area contributed by atoms with Crippen LogP contribution < -0.4 is 9.62 Å². The van der Waals surface area contributed by atoms with Gasteiger partial charge in [0.2, 0.25) is 10.0 Å². The Kier molecular flexibility index (Phi) is 6.21. The molecule has 0 spiro atoms. The van der Waals surface area contributed by atoms with Gasteiger partial charge in [-0.25, -0.2) is 8.42 Å². The van der Waals surface area contributed by atoms with Crippen LogP contribution in [0, 0.1) is 0 Å². The standard InChI is InChI=1S/C19H23Cl2N3O2S/c1-3-27(25,26)22-18-13-14(24-10-8-23(2)9-11-24)12-16(19(18)21)15-6-4-5-7-17(15)20/h4-7,12-13,22H,3,8-11H2,1-2H3. The van der Waals surface area contributed by atoms with Gasteiger partial charge in [0.15, 0.2) is 0 Å². The largest absolute Gasteiger partial charge is 0.369 e. The van der Waals surface area contributed by atoms with Crippen molar-refractivity contribution >= 4 is 44.6 Å². The summed E-state index contributed by atoms with van der Waals surface area (Å²) in [5.74, 6) is -0.0243. The average Bonchev–Trinajstić information content (AvgIpc) is 2.64. The van der Waals surface area contributed by atoms with E-state index < -0.39 is 10.0 Å². The molecule has 27 heavy (non-hydrogen) atoms. The molecule has 0 aliphatic carbocycles. The second-order valence-electron chi connectivity index (χ2n) is 6.63. The maximum atomic E-state index is 12.2. The van der Waals surface area contributed by atoms with Crippen LogP contribution in [0.4, 0.5) is 11.4 Å². The summed E-state index contributed by atoms with van der Waals surface area (Å²) in [6, 6.07) is 11.2. The molecule has 0 unspecified atom stereocenters. The zero-order valence-electron chi connectivity index (χ0n) is 15.4. The number of hydrogen-bond acceptors (Lipinski definition) is 4. The van der Waals surface area contributed by atoms with E-state index in [4.69, 9.17) is 23.2 Å². The summed E-state index contributed by atoms with van der Waals surface area (Å²) in [7, 11) is -1.36. The Labute approximate surface area is 170 Å². The maximum Gasteiger partial charge on any atom is 0.232 e. The number of nitrogens with zero attached hydrogens (tertiary/aromatic N) is 2. The van der Waals surface area contributed by atoms with Crippen molar-refractivity contribution in [2.45, 2.75) is 6.92 Å². The molecule has 2 aromatic carbocycles. The highest BCUT2D eigenvalue weighted by molar-refractivity contribution is 7.92. The molecular weight excluding hydrogens is 405 g/mol. The van der Waals surface area contributed by atoms with Crippen molar-refractivity contribution in [3.8, 4) is 11.1 Å². The molecule has 146 valence electrons. The smallest absolute Gasteiger partial charge is 0.232 e. The van der Waals surface area contributed by atoms with Gasteiger partial charge in [-0.1, -0.05) is 41.4 Å². The van der Waals surface area contributed by atoms with Gasteiger partial charge in [-0.15, -0.1) is 0 Å². The Hall–Kier alpha value is -1.47. The lowest BCUT2D eigenvalue weighted by Gasteiger charge is -2.34. The third-order valence-electron chi connectivity index (χ3n) is 4.74. The normalized spacial score (nSPS) is 15.8. The number of anilines is 2. The van der Waals surface area contributed by atoms with Crippen molar-refractivity contribution in [3.05, 3.63) is 46.4 Å². The van der Waals surface area contributed by atoms with E-state index >= 15 is 0 Å². The van der Waals surface area contributed by atoms with Crippen molar-refractivity contribution in [1.82, 2.24) is 4.90 Å². The third-order valence-corrected chi connectivity index (χ3v) is 6.76. The summed E-state index contributed by atoms with van der Waals surface area (Å²) >= 11 is 13.0. The number of nitrogens with one attached hydrogen (secondary N) is 1. The number of piperazine rings is 1. The molecule has 1 aliphatic heterocycles. The van der Waals surface area contributed by atoms with Gasteiger partial charge in [-0.05, 0) is 32.2 Å². The summed E-state index contributed by atoms with van der Waals surface area (Å²) in [6.07, 6.45) is 0. The number of sulfonamides is 1. The predicted molar refractivity (Wildman–Crippen MR) is 115 cm³/mol. The molecule has 1 saturated heterocycles. The predicted octanol–water partition coefficient (Wildman–Crippen LogP) is 4.17. The van der Waals surface area contributed by atoms with Gasteiger partial charge < -0.3 is 9.80 Å². The number of benzene rings is 2. The molecule has 0 aromatic heterocycles. The van der Waals surface area contributed by atoms with Crippen LogP contribution in [0.3, 0.4) is 0 Å². The lowest BCUT2D eigenvalue weighted by Crippen LogP contribution is -2.44. The first-order chi connectivity index (χ1) is 12.8. The Bertz CT molecular complexity index is 927. The topological polar surface area (TPSA) is 52.7 Å². The van der Waals surface area contributed by atoms with Gasteiger partial charge in [-0.2, -0.15) is 0 Å². The molecule has 0 amide bonds. The van der Waals surface area contributed by atoms with Crippen LogP contribution in [0.1, 0.15) is 6.92 Å². The van der Waals surface area contributed by atoms with Crippen LogP contribution in [-0.4, -0.2) is 52.3 Å². The molecule has 1 heterocycles. The molecule has 0 bridgehead atoms. The number of likely N-dealkylation sites (N-methyl/N-ethyl adjacent to an activating group) is 1. The molecule has 1 N–H and O–H groups in total. The van der Waals surface area contributed by atoms with Crippen LogP contribution in [0.5, 0.6) is 0 Å². The molecule has 5 nitrogen and oxygen atoms in total. The number of hydrogen-bond donors (Lipinski definition) is 1. The minimum Gasteiger partial charge on any atom is -0.369 e. The van der Waals surface area contributed by atoms with Crippen LogP contribution in [0.25, 0.3) is 11.1 Å². The molecule has 2 aromatic rings. The van der Waals surface area contributed by atoms with E-state index in [0.29, 0.717) is 21.3 Å². The first-order valence-corrected chi connectivity index (χ1v) is 11.2. The van der Waals surface area contributed by atoms with E-state index in [1.807, 2.05) is 24.3 Å². The summed E-state index contributed by atoms with van der Waals surface area (Å²) in [4.78, 5) is 4.50. The van der Waals surface area contributed by atoms with Gasteiger partial charge in [0.25, 0.3) is 0 Å². The highest BCUT2D eigenvalue weighted by Crippen LogP contribution is 2.41. The Morgan fingerprint density at radius 2 is 1.70 bits per heavy atom. The van der Waals surface area contributed by atoms with Crippen LogP contribution in [-0.2, 0) is 10.0 Å². The Morgan fingerprint density at radius 1 is 1.04 bits per heavy atom. The Balaban J connectivity index is 2.11. The van der Waals surface area contributed by atoms with E-state index in [1.54, 1.807) is 19.1 Å². The first kappa shape index (κ1) is 20.3. The maximum absolute atomic E-state index is 12.2. The van der Waals surface area contributed by atoms with Gasteiger partial charge in [0.05, 0.1) is 16.5 Å². The van der Waals surface area contributed by atoms with Crippen LogP contribution in [0.15, 0.2) is 36.4 Å². The number of rotatable bonds is 5. The van der Waals surface area contributed by atoms with Crippen molar-refractivity contribution in [2.24, 2.45) is 0 Å². The zero-order chi connectivity index (χ0) is 19.6. The monoisotopic (exact) mass is 427 g/mol. The molecule has 8 heteroatoms. The highest BCUT2D eigenvalue weighted by atomic mass is 35.5. The third kappa shape index (κ3) is 4.69. The molecule has 0 atom stereocenters. The van der Waals surface area contributed by atoms with E-state index in [9.17, 15) is 8.42 Å².